The molecular formula is C21H14ClN7OS. The molecule has 0 aliphatic rings. The molecular weight excluding hydrogens is 434 g/mol. The van der Waals surface area contributed by atoms with Crippen LogP contribution in [-0.4, -0.2) is 20.2 Å². The number of oxazole rings is 1. The van der Waals surface area contributed by atoms with Gasteiger partial charge in [-0.25, -0.2) is 9.97 Å². The third-order valence-electron chi connectivity index (χ3n) is 4.38. The Morgan fingerprint density at radius 3 is 2.55 bits per heavy atom. The number of anilines is 1. The number of nitrogens with one attached hydrogen (secondary N) is 1. The van der Waals surface area contributed by atoms with E-state index in [0.717, 1.165) is 11.3 Å². The molecule has 4 aromatic rings. The summed E-state index contributed by atoms with van der Waals surface area (Å²) >= 11 is 7.20. The van der Waals surface area contributed by atoms with E-state index in [1.54, 1.807) is 24.5 Å². The van der Waals surface area contributed by atoms with Gasteiger partial charge in [0.15, 0.2) is 0 Å². The molecule has 0 bridgehead atoms. The van der Waals surface area contributed by atoms with Crippen LogP contribution in [0.15, 0.2) is 46.0 Å². The van der Waals surface area contributed by atoms with Crippen molar-refractivity contribution >= 4 is 29.2 Å². The fourth-order valence-electron chi connectivity index (χ4n) is 2.95. The molecule has 0 radical (unpaired) electrons. The van der Waals surface area contributed by atoms with E-state index < -0.39 is 0 Å². The number of aryl methyl sites for hydroxylation is 1. The van der Waals surface area contributed by atoms with Crippen LogP contribution in [0.1, 0.15) is 22.5 Å². The number of halogens is 1. The van der Waals surface area contributed by atoms with Gasteiger partial charge in [0.2, 0.25) is 5.89 Å². The molecule has 8 nitrogen and oxygen atoms in total. The molecule has 3 heterocycles. The number of nitrogens with zero attached hydrogens (tertiary/aromatic N) is 5. The van der Waals surface area contributed by atoms with Crippen LogP contribution in [0.25, 0.3) is 22.7 Å². The molecule has 0 saturated carbocycles. The van der Waals surface area contributed by atoms with Crippen molar-refractivity contribution in [2.24, 2.45) is 0 Å². The number of benzene rings is 1. The third-order valence-corrected chi connectivity index (χ3v) is 5.64. The largest absolute Gasteiger partial charge is 0.444 e. The zero-order chi connectivity index (χ0) is 22.0. The molecule has 0 fully saturated rings. The Morgan fingerprint density at radius 2 is 1.90 bits per heavy atom. The fraction of sp³-hybridized carbons (Fsp3) is 0.0952. The molecule has 10 heteroatoms. The van der Waals surface area contributed by atoms with Crippen molar-refractivity contribution in [3.8, 4) is 34.8 Å². The first-order chi connectivity index (χ1) is 15.0. The van der Waals surface area contributed by atoms with Crippen LogP contribution in [0, 0.1) is 29.6 Å². The van der Waals surface area contributed by atoms with Crippen molar-refractivity contribution in [3.63, 3.8) is 0 Å². The quantitative estimate of drug-likeness (QED) is 0.419. The first-order valence-electron chi connectivity index (χ1n) is 8.99. The molecule has 0 unspecified atom stereocenters. The van der Waals surface area contributed by atoms with E-state index in [1.165, 1.54) is 11.8 Å². The van der Waals surface area contributed by atoms with Crippen LogP contribution >= 0.6 is 23.4 Å². The Balaban J connectivity index is 1.65. The number of aromatic nitrogens is 4. The molecule has 1 aromatic carbocycles. The number of nitriles is 2. The van der Waals surface area contributed by atoms with E-state index in [9.17, 15) is 10.5 Å². The number of nitrogen functional groups attached to an aromatic ring is 1. The lowest BCUT2D eigenvalue weighted by Crippen LogP contribution is -2.03. The lowest BCUT2D eigenvalue weighted by atomic mass is 10.0. The van der Waals surface area contributed by atoms with Gasteiger partial charge in [-0.15, -0.1) is 0 Å². The van der Waals surface area contributed by atoms with Gasteiger partial charge in [0.25, 0.3) is 0 Å². The van der Waals surface area contributed by atoms with Gasteiger partial charge in [-0.05, 0) is 37.3 Å². The number of rotatable bonds is 5. The fourth-order valence-corrected chi connectivity index (χ4v) is 3.94. The number of hydrogen-bond donors (Lipinski definition) is 2. The Morgan fingerprint density at radius 1 is 1.16 bits per heavy atom. The van der Waals surface area contributed by atoms with Gasteiger partial charge in [0.05, 0.1) is 17.0 Å². The highest BCUT2D eigenvalue weighted by Crippen LogP contribution is 2.36. The number of hydrogen-bond acceptors (Lipinski definition) is 8. The van der Waals surface area contributed by atoms with E-state index >= 15 is 0 Å². The lowest BCUT2D eigenvalue weighted by Gasteiger charge is -2.10. The summed E-state index contributed by atoms with van der Waals surface area (Å²) in [6, 6.07) is 13.1. The predicted molar refractivity (Wildman–Crippen MR) is 117 cm³/mol. The summed E-state index contributed by atoms with van der Waals surface area (Å²) < 4.78 is 5.56. The Bertz CT molecular complexity index is 1350. The Labute approximate surface area is 186 Å². The zero-order valence-electron chi connectivity index (χ0n) is 16.2. The molecule has 0 amide bonds. The average Bonchev–Trinajstić information content (AvgIpc) is 3.41. The molecule has 152 valence electrons. The SMILES string of the molecule is Cc1cc(-c2c(C#N)c(N)nc(SCc3coc(-c4ccc(Cl)cc4)n3)c2C#N)n[nH]1. The lowest BCUT2D eigenvalue weighted by molar-refractivity contribution is 0.573. The first-order valence-corrected chi connectivity index (χ1v) is 10.4. The molecule has 31 heavy (non-hydrogen) atoms. The minimum Gasteiger partial charge on any atom is -0.444 e. The minimum atomic E-state index is 0.0432. The van der Waals surface area contributed by atoms with Gasteiger partial charge in [-0.2, -0.15) is 15.6 Å². The van der Waals surface area contributed by atoms with Gasteiger partial charge in [0.1, 0.15) is 34.8 Å². The number of nitrogens with two attached hydrogens (primary N) is 1. The molecule has 0 saturated heterocycles. The summed E-state index contributed by atoms with van der Waals surface area (Å²) in [5.74, 6) is 0.901. The summed E-state index contributed by atoms with van der Waals surface area (Å²) in [4.78, 5) is 8.76. The Kier molecular flexibility index (Phi) is 5.63. The summed E-state index contributed by atoms with van der Waals surface area (Å²) in [7, 11) is 0. The zero-order valence-corrected chi connectivity index (χ0v) is 17.8. The minimum absolute atomic E-state index is 0.0432. The summed E-state index contributed by atoms with van der Waals surface area (Å²) in [5.41, 5.74) is 9.48. The van der Waals surface area contributed by atoms with E-state index in [1.807, 2.05) is 25.1 Å². The van der Waals surface area contributed by atoms with E-state index in [2.05, 4.69) is 26.2 Å². The molecule has 4 rings (SSSR count). The normalized spacial score (nSPS) is 10.6. The van der Waals surface area contributed by atoms with Gasteiger partial charge in [-0.3, -0.25) is 5.10 Å². The summed E-state index contributed by atoms with van der Waals surface area (Å²) in [6.45, 7) is 1.83. The van der Waals surface area contributed by atoms with Gasteiger partial charge in [-0.1, -0.05) is 23.4 Å². The maximum absolute atomic E-state index is 9.81. The van der Waals surface area contributed by atoms with Crippen molar-refractivity contribution in [2.75, 3.05) is 5.73 Å². The van der Waals surface area contributed by atoms with Gasteiger partial charge in [0, 0.05) is 27.6 Å². The van der Waals surface area contributed by atoms with E-state index in [4.69, 9.17) is 21.8 Å². The van der Waals surface area contributed by atoms with Gasteiger partial charge >= 0.3 is 0 Å². The van der Waals surface area contributed by atoms with E-state index in [0.29, 0.717) is 38.6 Å². The molecule has 0 aliphatic carbocycles. The van der Waals surface area contributed by atoms with Crippen LogP contribution < -0.4 is 5.73 Å². The first kappa shape index (κ1) is 20.5. The molecule has 0 spiro atoms. The smallest absolute Gasteiger partial charge is 0.226 e. The number of aromatic amines is 1. The topological polar surface area (TPSA) is 141 Å². The van der Waals surface area contributed by atoms with Crippen LogP contribution in [0.2, 0.25) is 5.02 Å². The highest BCUT2D eigenvalue weighted by molar-refractivity contribution is 7.98. The van der Waals surface area contributed by atoms with Crippen LogP contribution in [0.5, 0.6) is 0 Å². The van der Waals surface area contributed by atoms with Gasteiger partial charge < -0.3 is 10.2 Å². The second-order valence-corrected chi connectivity index (χ2v) is 7.93. The van der Waals surface area contributed by atoms with Crippen LogP contribution in [-0.2, 0) is 5.75 Å². The van der Waals surface area contributed by atoms with Crippen LogP contribution in [0.4, 0.5) is 5.82 Å². The summed E-state index contributed by atoms with van der Waals surface area (Å²) in [5, 5.41) is 27.4. The maximum Gasteiger partial charge on any atom is 0.226 e. The third kappa shape index (κ3) is 4.10. The highest BCUT2D eigenvalue weighted by atomic mass is 35.5. The highest BCUT2D eigenvalue weighted by Gasteiger charge is 2.22. The molecule has 3 N–H and O–H groups in total. The van der Waals surface area contributed by atoms with Crippen LogP contribution in [0.3, 0.4) is 0 Å². The molecule has 3 aromatic heterocycles. The van der Waals surface area contributed by atoms with Crippen molar-refractivity contribution in [1.29, 1.82) is 10.5 Å². The van der Waals surface area contributed by atoms with Crippen molar-refractivity contribution in [2.45, 2.75) is 17.7 Å². The van der Waals surface area contributed by atoms with E-state index in [-0.39, 0.29) is 16.9 Å². The van der Waals surface area contributed by atoms with Crippen molar-refractivity contribution < 1.29 is 4.42 Å². The monoisotopic (exact) mass is 447 g/mol. The number of thioether (sulfide) groups is 1. The predicted octanol–water partition coefficient (Wildman–Crippen LogP) is 4.71. The number of H-pyrrole nitrogens is 1. The standard InChI is InChI=1S/C21H14ClN7OS/c1-11-6-17(29-28-11)18-15(7-23)19(25)27-21(16(18)8-24)31-10-14-9-30-20(26-14)12-2-4-13(22)5-3-12/h2-6,9H,10H2,1H3,(H2,25,27)(H,28,29). The second-order valence-electron chi connectivity index (χ2n) is 6.53. The summed E-state index contributed by atoms with van der Waals surface area (Å²) in [6.07, 6.45) is 1.55. The molecule has 0 atom stereocenters. The Hall–Kier alpha value is -3.79. The number of pyridine rings is 1. The van der Waals surface area contributed by atoms with Crippen molar-refractivity contribution in [1.82, 2.24) is 20.2 Å². The molecule has 0 aliphatic heterocycles. The average molecular weight is 448 g/mol. The maximum atomic E-state index is 9.81. The second kappa shape index (κ2) is 8.52. The van der Waals surface area contributed by atoms with Crippen molar-refractivity contribution in [3.05, 3.63) is 64.1 Å².